The van der Waals surface area contributed by atoms with E-state index in [0.717, 1.165) is 10.2 Å². The zero-order valence-corrected chi connectivity index (χ0v) is 18.3. The molecule has 1 atom stereocenters. The molecule has 10 heteroatoms. The van der Waals surface area contributed by atoms with Crippen LogP contribution < -0.4 is 16.4 Å². The van der Waals surface area contributed by atoms with Crippen LogP contribution in [0.1, 0.15) is 18.5 Å². The van der Waals surface area contributed by atoms with Crippen LogP contribution in [0.2, 0.25) is 0 Å². The number of halogens is 1. The quantitative estimate of drug-likeness (QED) is 0.524. The highest BCUT2D eigenvalue weighted by Gasteiger charge is 2.34. The second-order valence-electron chi connectivity index (χ2n) is 7.33. The Kier molecular flexibility index (Phi) is 5.64. The molecule has 0 saturated carbocycles. The molecule has 1 saturated heterocycles. The second kappa shape index (κ2) is 8.38. The van der Waals surface area contributed by atoms with Crippen molar-refractivity contribution in [2.45, 2.75) is 25.8 Å². The van der Waals surface area contributed by atoms with Gasteiger partial charge in [0.15, 0.2) is 0 Å². The van der Waals surface area contributed by atoms with Crippen molar-refractivity contribution < 1.29 is 14.4 Å². The number of nitrogens with one attached hydrogen (secondary N) is 2. The first-order valence-electron chi connectivity index (χ1n) is 9.75. The molecule has 3 aromatic rings. The number of urea groups is 1. The van der Waals surface area contributed by atoms with Gasteiger partial charge in [0.05, 0.1) is 28.8 Å². The van der Waals surface area contributed by atoms with E-state index in [2.05, 4.69) is 31.5 Å². The number of carbonyl (C=O) groups excluding carboxylic acids is 3. The van der Waals surface area contributed by atoms with Crippen LogP contribution in [-0.4, -0.2) is 45.0 Å². The Hall–Kier alpha value is -3.40. The van der Waals surface area contributed by atoms with Crippen molar-refractivity contribution in [3.8, 4) is 0 Å². The average Bonchev–Trinajstić information content (AvgIpc) is 3.36. The largest absolute Gasteiger partial charge is 0.351 e. The SMILES string of the molecule is Cc1ncc(NC(=O)[C@@H]2CCCN2C(=O)Nc2cn(C(N)=O)c3ccccc23)cc1Br. The number of hydrogen-bond donors (Lipinski definition) is 3. The molecule has 4 amide bonds. The molecule has 1 aromatic carbocycles. The number of nitrogens with zero attached hydrogens (tertiary/aromatic N) is 3. The van der Waals surface area contributed by atoms with Crippen molar-refractivity contribution in [1.29, 1.82) is 0 Å². The fraction of sp³-hybridized carbons (Fsp3) is 0.238. The van der Waals surface area contributed by atoms with Crippen LogP contribution in [0.4, 0.5) is 21.0 Å². The highest BCUT2D eigenvalue weighted by Crippen LogP contribution is 2.27. The van der Waals surface area contributed by atoms with Crippen LogP contribution >= 0.6 is 15.9 Å². The van der Waals surface area contributed by atoms with E-state index in [0.29, 0.717) is 41.7 Å². The van der Waals surface area contributed by atoms with Crippen molar-refractivity contribution in [2.75, 3.05) is 17.2 Å². The number of primary amides is 1. The van der Waals surface area contributed by atoms with Crippen molar-refractivity contribution in [1.82, 2.24) is 14.5 Å². The molecule has 3 heterocycles. The molecule has 1 aliphatic rings. The molecular formula is C21H21BrN6O3. The van der Waals surface area contributed by atoms with Crippen LogP contribution in [0.15, 0.2) is 47.2 Å². The Morgan fingerprint density at radius 1 is 1.23 bits per heavy atom. The molecule has 9 nitrogen and oxygen atoms in total. The van der Waals surface area contributed by atoms with E-state index in [4.69, 9.17) is 5.73 Å². The van der Waals surface area contributed by atoms with Gasteiger partial charge < -0.3 is 21.3 Å². The molecule has 1 aliphatic heterocycles. The molecule has 0 unspecified atom stereocenters. The predicted octanol–water partition coefficient (Wildman–Crippen LogP) is 3.67. The van der Waals surface area contributed by atoms with Gasteiger partial charge in [-0.05, 0) is 47.8 Å². The maximum absolute atomic E-state index is 13.0. The Bertz CT molecular complexity index is 1190. The average molecular weight is 485 g/mol. The third kappa shape index (κ3) is 4.11. The summed E-state index contributed by atoms with van der Waals surface area (Å²) in [5, 5.41) is 6.34. The number of likely N-dealkylation sites (tertiary alicyclic amines) is 1. The number of anilines is 2. The van der Waals surface area contributed by atoms with Gasteiger partial charge in [-0.1, -0.05) is 18.2 Å². The highest BCUT2D eigenvalue weighted by molar-refractivity contribution is 9.10. The summed E-state index contributed by atoms with van der Waals surface area (Å²) >= 11 is 3.40. The van der Waals surface area contributed by atoms with E-state index < -0.39 is 18.1 Å². The minimum Gasteiger partial charge on any atom is -0.351 e. The first-order valence-corrected chi connectivity index (χ1v) is 10.5. The van der Waals surface area contributed by atoms with Crippen LogP contribution in [-0.2, 0) is 4.79 Å². The van der Waals surface area contributed by atoms with Crippen LogP contribution in [0.5, 0.6) is 0 Å². The summed E-state index contributed by atoms with van der Waals surface area (Å²) in [5.74, 6) is -0.273. The standard InChI is InChI=1S/C21H21BrN6O3/c1-12-15(22)9-13(10-24-12)25-19(29)18-7-4-8-27(18)21(31)26-16-11-28(20(23)30)17-6-3-2-5-14(16)17/h2-3,5-6,9-11,18H,4,7-8H2,1H3,(H2,23,30)(H,25,29)(H,26,31)/t18-/m0/s1. The molecule has 0 radical (unpaired) electrons. The normalized spacial score (nSPS) is 15.8. The van der Waals surface area contributed by atoms with Crippen molar-refractivity contribution in [3.05, 3.63) is 52.9 Å². The number of para-hydroxylation sites is 1. The van der Waals surface area contributed by atoms with E-state index in [1.54, 1.807) is 30.5 Å². The number of fused-ring (bicyclic) bond motifs is 1. The van der Waals surface area contributed by atoms with Gasteiger partial charge >= 0.3 is 12.1 Å². The maximum Gasteiger partial charge on any atom is 0.323 e. The summed E-state index contributed by atoms with van der Waals surface area (Å²) in [6, 6.07) is 7.25. The minimum atomic E-state index is -0.645. The number of hydrogen-bond acceptors (Lipinski definition) is 4. The zero-order chi connectivity index (χ0) is 22.1. The summed E-state index contributed by atoms with van der Waals surface area (Å²) < 4.78 is 2.07. The van der Waals surface area contributed by atoms with Gasteiger partial charge in [0.2, 0.25) is 5.91 Å². The Morgan fingerprint density at radius 2 is 2.00 bits per heavy atom. The Balaban J connectivity index is 1.52. The lowest BCUT2D eigenvalue weighted by molar-refractivity contribution is -0.119. The Morgan fingerprint density at radius 3 is 2.74 bits per heavy atom. The van der Waals surface area contributed by atoms with Crippen molar-refractivity contribution >= 4 is 56.2 Å². The topological polar surface area (TPSA) is 122 Å². The number of amides is 4. The third-order valence-electron chi connectivity index (χ3n) is 5.30. The van der Waals surface area contributed by atoms with E-state index in [1.807, 2.05) is 13.0 Å². The number of pyridine rings is 1. The summed E-state index contributed by atoms with van der Waals surface area (Å²) in [6.07, 6.45) is 4.34. The lowest BCUT2D eigenvalue weighted by atomic mass is 10.2. The maximum atomic E-state index is 13.0. The predicted molar refractivity (Wildman–Crippen MR) is 121 cm³/mol. The summed E-state index contributed by atoms with van der Waals surface area (Å²) in [7, 11) is 0. The minimum absolute atomic E-state index is 0.273. The fourth-order valence-electron chi connectivity index (χ4n) is 3.73. The molecule has 2 aromatic heterocycles. The molecule has 4 N–H and O–H groups in total. The number of rotatable bonds is 3. The molecular weight excluding hydrogens is 464 g/mol. The first kappa shape index (κ1) is 20.9. The number of aryl methyl sites for hydroxylation is 1. The number of aromatic nitrogens is 2. The van der Waals surface area contributed by atoms with Gasteiger partial charge in [0, 0.05) is 22.6 Å². The summed E-state index contributed by atoms with van der Waals surface area (Å²) in [4.78, 5) is 43.3. The lowest BCUT2D eigenvalue weighted by Crippen LogP contribution is -2.45. The monoisotopic (exact) mass is 484 g/mol. The summed E-state index contributed by atoms with van der Waals surface area (Å²) in [6.45, 7) is 2.31. The van der Waals surface area contributed by atoms with E-state index in [-0.39, 0.29) is 5.91 Å². The van der Waals surface area contributed by atoms with Crippen molar-refractivity contribution in [3.63, 3.8) is 0 Å². The Labute approximate surface area is 186 Å². The second-order valence-corrected chi connectivity index (χ2v) is 8.18. The van der Waals surface area contributed by atoms with Gasteiger partial charge in [-0.25, -0.2) is 9.59 Å². The van der Waals surface area contributed by atoms with Gasteiger partial charge in [0.25, 0.3) is 0 Å². The molecule has 31 heavy (non-hydrogen) atoms. The van der Waals surface area contributed by atoms with E-state index in [9.17, 15) is 14.4 Å². The lowest BCUT2D eigenvalue weighted by Gasteiger charge is -2.24. The molecule has 0 aliphatic carbocycles. The first-order chi connectivity index (χ1) is 14.8. The number of benzene rings is 1. The zero-order valence-electron chi connectivity index (χ0n) is 16.8. The van der Waals surface area contributed by atoms with Crippen LogP contribution in [0.25, 0.3) is 10.9 Å². The molecule has 0 spiro atoms. The molecule has 1 fully saturated rings. The van der Waals surface area contributed by atoms with E-state index in [1.165, 1.54) is 15.7 Å². The molecule has 4 rings (SSSR count). The fourth-order valence-corrected chi connectivity index (χ4v) is 4.08. The number of carbonyl (C=O) groups is 3. The van der Waals surface area contributed by atoms with Gasteiger partial charge in [-0.15, -0.1) is 0 Å². The molecule has 160 valence electrons. The van der Waals surface area contributed by atoms with Crippen LogP contribution in [0.3, 0.4) is 0 Å². The smallest absolute Gasteiger partial charge is 0.323 e. The van der Waals surface area contributed by atoms with Crippen molar-refractivity contribution in [2.24, 2.45) is 5.73 Å². The van der Waals surface area contributed by atoms with E-state index >= 15 is 0 Å². The molecule has 0 bridgehead atoms. The highest BCUT2D eigenvalue weighted by atomic mass is 79.9. The number of nitrogens with two attached hydrogens (primary N) is 1. The van der Waals surface area contributed by atoms with Gasteiger partial charge in [0.1, 0.15) is 6.04 Å². The summed E-state index contributed by atoms with van der Waals surface area (Å²) in [5.41, 5.74) is 7.86. The van der Waals surface area contributed by atoms with Crippen LogP contribution in [0, 0.1) is 6.92 Å². The third-order valence-corrected chi connectivity index (χ3v) is 6.10. The van der Waals surface area contributed by atoms with Gasteiger partial charge in [-0.3, -0.25) is 14.3 Å². The van der Waals surface area contributed by atoms with Gasteiger partial charge in [-0.2, -0.15) is 0 Å².